The van der Waals surface area contributed by atoms with Gasteiger partial charge in [0.1, 0.15) is 11.0 Å². The number of rotatable bonds is 3. The molecule has 0 bridgehead atoms. The summed E-state index contributed by atoms with van der Waals surface area (Å²) in [5, 5.41) is 5.83. The van der Waals surface area contributed by atoms with E-state index < -0.39 is 0 Å². The lowest BCUT2D eigenvalue weighted by Crippen LogP contribution is -2.04. The van der Waals surface area contributed by atoms with Gasteiger partial charge in [-0.05, 0) is 31.6 Å². The molecule has 0 saturated heterocycles. The molecule has 2 aliphatic carbocycles. The van der Waals surface area contributed by atoms with E-state index in [4.69, 9.17) is 11.6 Å². The highest BCUT2D eigenvalue weighted by atomic mass is 35.5. The van der Waals surface area contributed by atoms with Gasteiger partial charge in [0.2, 0.25) is 0 Å². The SMILES string of the molecule is Clc1nc(C2CC2)nc2c1cnn2CC1CC1. The van der Waals surface area contributed by atoms with Crippen molar-refractivity contribution in [1.82, 2.24) is 19.7 Å². The van der Waals surface area contributed by atoms with E-state index in [1.165, 1.54) is 25.7 Å². The van der Waals surface area contributed by atoms with Crippen molar-refractivity contribution in [3.63, 3.8) is 0 Å². The Morgan fingerprint density at radius 3 is 2.76 bits per heavy atom. The van der Waals surface area contributed by atoms with Crippen LogP contribution in [-0.4, -0.2) is 19.7 Å². The minimum Gasteiger partial charge on any atom is -0.247 e. The van der Waals surface area contributed by atoms with Crippen LogP contribution in [0.2, 0.25) is 5.15 Å². The van der Waals surface area contributed by atoms with Gasteiger partial charge in [-0.2, -0.15) is 5.10 Å². The van der Waals surface area contributed by atoms with E-state index >= 15 is 0 Å². The fourth-order valence-corrected chi connectivity index (χ4v) is 2.36. The van der Waals surface area contributed by atoms with Crippen molar-refractivity contribution in [1.29, 1.82) is 0 Å². The molecular formula is C12H13ClN4. The zero-order chi connectivity index (χ0) is 11.4. The molecule has 0 radical (unpaired) electrons. The van der Waals surface area contributed by atoms with Crippen LogP contribution in [0.1, 0.15) is 37.4 Å². The molecule has 2 saturated carbocycles. The van der Waals surface area contributed by atoms with Gasteiger partial charge in [0.05, 0.1) is 11.6 Å². The first-order valence-corrected chi connectivity index (χ1v) is 6.58. The predicted octanol–water partition coefficient (Wildman–Crippen LogP) is 2.77. The van der Waals surface area contributed by atoms with Crippen molar-refractivity contribution >= 4 is 22.6 Å². The van der Waals surface area contributed by atoms with Crippen LogP contribution < -0.4 is 0 Å². The second kappa shape index (κ2) is 3.42. The maximum absolute atomic E-state index is 6.20. The molecule has 2 aliphatic rings. The van der Waals surface area contributed by atoms with E-state index in [1.54, 1.807) is 6.20 Å². The Morgan fingerprint density at radius 1 is 1.24 bits per heavy atom. The maximum Gasteiger partial charge on any atom is 0.163 e. The number of hydrogen-bond acceptors (Lipinski definition) is 3. The van der Waals surface area contributed by atoms with Crippen LogP contribution in [0.15, 0.2) is 6.20 Å². The average molecular weight is 249 g/mol. The van der Waals surface area contributed by atoms with Crippen molar-refractivity contribution in [2.45, 2.75) is 38.1 Å². The van der Waals surface area contributed by atoms with Crippen LogP contribution in [0.4, 0.5) is 0 Å². The first kappa shape index (κ1) is 9.83. The Balaban J connectivity index is 1.84. The topological polar surface area (TPSA) is 43.6 Å². The molecule has 0 amide bonds. The summed E-state index contributed by atoms with van der Waals surface area (Å²) < 4.78 is 1.99. The summed E-state index contributed by atoms with van der Waals surface area (Å²) in [6.45, 7) is 0.973. The molecule has 0 unspecified atom stereocenters. The summed E-state index contributed by atoms with van der Waals surface area (Å²) in [7, 11) is 0. The Labute approximate surface area is 104 Å². The molecule has 2 aromatic heterocycles. The van der Waals surface area contributed by atoms with E-state index in [1.807, 2.05) is 4.68 Å². The summed E-state index contributed by atoms with van der Waals surface area (Å²) >= 11 is 6.20. The van der Waals surface area contributed by atoms with Gasteiger partial charge in [0, 0.05) is 12.5 Å². The molecule has 0 aliphatic heterocycles. The second-order valence-electron chi connectivity index (χ2n) is 5.15. The van der Waals surface area contributed by atoms with Crippen molar-refractivity contribution in [3.05, 3.63) is 17.2 Å². The summed E-state index contributed by atoms with van der Waals surface area (Å²) in [5.74, 6) is 2.22. The summed E-state index contributed by atoms with van der Waals surface area (Å²) in [4.78, 5) is 9.02. The largest absolute Gasteiger partial charge is 0.247 e. The third-order valence-electron chi connectivity index (χ3n) is 3.54. The monoisotopic (exact) mass is 248 g/mol. The van der Waals surface area contributed by atoms with E-state index in [0.717, 1.165) is 29.3 Å². The maximum atomic E-state index is 6.20. The molecule has 4 nitrogen and oxygen atoms in total. The van der Waals surface area contributed by atoms with Crippen molar-refractivity contribution in [2.75, 3.05) is 0 Å². The second-order valence-corrected chi connectivity index (χ2v) is 5.51. The van der Waals surface area contributed by atoms with Gasteiger partial charge in [-0.1, -0.05) is 11.6 Å². The number of halogens is 1. The van der Waals surface area contributed by atoms with Crippen molar-refractivity contribution in [3.8, 4) is 0 Å². The van der Waals surface area contributed by atoms with Gasteiger partial charge < -0.3 is 0 Å². The van der Waals surface area contributed by atoms with Gasteiger partial charge in [-0.15, -0.1) is 0 Å². The molecule has 4 rings (SSSR count). The molecule has 2 fully saturated rings. The zero-order valence-corrected chi connectivity index (χ0v) is 10.2. The number of aromatic nitrogens is 4. The Morgan fingerprint density at radius 2 is 2.06 bits per heavy atom. The van der Waals surface area contributed by atoms with Crippen molar-refractivity contribution < 1.29 is 0 Å². The zero-order valence-electron chi connectivity index (χ0n) is 9.43. The summed E-state index contributed by atoms with van der Waals surface area (Å²) in [6, 6.07) is 0. The molecule has 0 atom stereocenters. The van der Waals surface area contributed by atoms with Gasteiger partial charge in [0.25, 0.3) is 0 Å². The molecule has 0 N–H and O–H groups in total. The number of fused-ring (bicyclic) bond motifs is 1. The van der Waals surface area contributed by atoms with Crippen LogP contribution in [0.3, 0.4) is 0 Å². The standard InChI is InChI=1S/C12H13ClN4/c13-10-9-5-14-17(6-7-1-2-7)12(9)16-11(15-10)8-3-4-8/h5,7-8H,1-4,6H2. The van der Waals surface area contributed by atoms with Crippen molar-refractivity contribution in [2.24, 2.45) is 5.92 Å². The minimum atomic E-state index is 0.529. The van der Waals surface area contributed by atoms with Gasteiger partial charge in [0.15, 0.2) is 5.65 Å². The lowest BCUT2D eigenvalue weighted by Gasteiger charge is -2.03. The number of hydrogen-bond donors (Lipinski definition) is 0. The average Bonchev–Trinajstić information content (AvgIpc) is 3.20. The van der Waals surface area contributed by atoms with Gasteiger partial charge in [-0.25, -0.2) is 14.6 Å². The third kappa shape index (κ3) is 1.71. The molecule has 0 aromatic carbocycles. The van der Waals surface area contributed by atoms with Crippen LogP contribution in [0.5, 0.6) is 0 Å². The fourth-order valence-electron chi connectivity index (χ4n) is 2.14. The first-order chi connectivity index (χ1) is 8.31. The Kier molecular flexibility index (Phi) is 1.98. The normalized spacial score (nSPS) is 20.1. The molecular weight excluding hydrogens is 236 g/mol. The highest BCUT2D eigenvalue weighted by molar-refractivity contribution is 6.33. The van der Waals surface area contributed by atoms with E-state index in [9.17, 15) is 0 Å². The molecule has 88 valence electrons. The van der Waals surface area contributed by atoms with Gasteiger partial charge in [-0.3, -0.25) is 0 Å². The lowest BCUT2D eigenvalue weighted by atomic mass is 10.3. The predicted molar refractivity (Wildman–Crippen MR) is 65.0 cm³/mol. The van der Waals surface area contributed by atoms with Crippen LogP contribution in [0, 0.1) is 5.92 Å². The Hall–Kier alpha value is -1.16. The number of nitrogens with zero attached hydrogens (tertiary/aromatic N) is 4. The Bertz CT molecular complexity index is 583. The fraction of sp³-hybridized carbons (Fsp3) is 0.583. The smallest absolute Gasteiger partial charge is 0.163 e. The lowest BCUT2D eigenvalue weighted by molar-refractivity contribution is 0.575. The van der Waals surface area contributed by atoms with Crippen LogP contribution >= 0.6 is 11.6 Å². The highest BCUT2D eigenvalue weighted by Gasteiger charge is 2.29. The molecule has 2 heterocycles. The molecule has 0 spiro atoms. The molecule has 5 heteroatoms. The first-order valence-electron chi connectivity index (χ1n) is 6.20. The summed E-state index contributed by atoms with van der Waals surface area (Å²) in [5.41, 5.74) is 0.916. The summed E-state index contributed by atoms with van der Waals surface area (Å²) in [6.07, 6.45) is 6.80. The minimum absolute atomic E-state index is 0.529. The van der Waals surface area contributed by atoms with Crippen LogP contribution in [-0.2, 0) is 6.54 Å². The van der Waals surface area contributed by atoms with Crippen LogP contribution in [0.25, 0.3) is 11.0 Å². The van der Waals surface area contributed by atoms with E-state index in [-0.39, 0.29) is 0 Å². The highest BCUT2D eigenvalue weighted by Crippen LogP contribution is 2.39. The van der Waals surface area contributed by atoms with E-state index in [2.05, 4.69) is 15.1 Å². The molecule has 17 heavy (non-hydrogen) atoms. The van der Waals surface area contributed by atoms with Gasteiger partial charge >= 0.3 is 0 Å². The quantitative estimate of drug-likeness (QED) is 0.785. The third-order valence-corrected chi connectivity index (χ3v) is 3.83. The van der Waals surface area contributed by atoms with E-state index in [0.29, 0.717) is 11.1 Å². The molecule has 2 aromatic rings.